The number of halogens is 1. The fourth-order valence-electron chi connectivity index (χ4n) is 1.63. The summed E-state index contributed by atoms with van der Waals surface area (Å²) in [5.41, 5.74) is 0.719. The highest BCUT2D eigenvalue weighted by molar-refractivity contribution is 5.78. The number of hydrogen-bond acceptors (Lipinski definition) is 3. The monoisotopic (exact) mass is 295 g/mol. The van der Waals surface area contributed by atoms with Crippen molar-refractivity contribution in [2.45, 2.75) is 6.54 Å². The lowest BCUT2D eigenvalue weighted by molar-refractivity contribution is -0.685. The third-order valence-electron chi connectivity index (χ3n) is 2.46. The summed E-state index contributed by atoms with van der Waals surface area (Å²) in [6.45, 7) is 8.46. The molecule has 0 unspecified atom stereocenters. The van der Waals surface area contributed by atoms with E-state index in [4.69, 9.17) is 5.21 Å². The predicted molar refractivity (Wildman–Crippen MR) is 73.0 cm³/mol. The van der Waals surface area contributed by atoms with Crippen molar-refractivity contribution in [3.63, 3.8) is 0 Å². The largest absolute Gasteiger partial charge is 1.00 e. The Morgan fingerprint density at radius 3 is 2.60 bits per heavy atom. The predicted octanol–water partition coefficient (Wildman–Crippen LogP) is -2.01. The smallest absolute Gasteiger partial charge is 0.289 e. The third-order valence-corrected chi connectivity index (χ3v) is 2.46. The molecule has 6 heteroatoms. The molecular formula is C14H18ClN3O2. The minimum atomic E-state index is -0.0251. The van der Waals surface area contributed by atoms with Gasteiger partial charge >= 0.3 is 0 Å². The second-order valence-electron chi connectivity index (χ2n) is 3.93. The lowest BCUT2D eigenvalue weighted by atomic mass is 10.3. The van der Waals surface area contributed by atoms with Crippen LogP contribution in [0.5, 0.6) is 0 Å². The SMILES string of the molecule is C=CCN(CC=C)C(=O)C[n+]1cccc(C=NO)c1.[Cl-]. The number of amides is 1. The summed E-state index contributed by atoms with van der Waals surface area (Å²) in [7, 11) is 0. The van der Waals surface area contributed by atoms with Crippen molar-refractivity contribution in [1.29, 1.82) is 0 Å². The molecule has 108 valence electrons. The van der Waals surface area contributed by atoms with E-state index in [1.54, 1.807) is 46.1 Å². The molecule has 0 spiro atoms. The molecule has 20 heavy (non-hydrogen) atoms. The molecule has 0 bridgehead atoms. The third kappa shape index (κ3) is 5.67. The summed E-state index contributed by atoms with van der Waals surface area (Å²) in [4.78, 5) is 13.7. The number of hydrogen-bond donors (Lipinski definition) is 1. The number of carbonyl (C=O) groups excluding carboxylic acids is 1. The van der Waals surface area contributed by atoms with E-state index in [-0.39, 0.29) is 24.9 Å². The first kappa shape index (κ1) is 17.9. The first-order valence-corrected chi connectivity index (χ1v) is 5.87. The fraction of sp³-hybridized carbons (Fsp3) is 0.214. The van der Waals surface area contributed by atoms with Gasteiger partial charge in [0.15, 0.2) is 12.4 Å². The van der Waals surface area contributed by atoms with Gasteiger partial charge < -0.3 is 22.5 Å². The van der Waals surface area contributed by atoms with Crippen molar-refractivity contribution in [2.24, 2.45) is 5.16 Å². The minimum Gasteiger partial charge on any atom is -1.00 e. The number of nitrogens with zero attached hydrogens (tertiary/aromatic N) is 3. The molecule has 0 radical (unpaired) electrons. The Morgan fingerprint density at radius 2 is 2.05 bits per heavy atom. The van der Waals surface area contributed by atoms with Crippen LogP contribution in [0.25, 0.3) is 0 Å². The maximum Gasteiger partial charge on any atom is 0.289 e. The standard InChI is InChI=1S/C14H17N3O2.ClH/c1-3-7-17(8-4-2)14(18)12-16-9-5-6-13(11-16)10-15-19;/h3-6,9-11H,1-2,7-8,12H2;1H. The molecule has 1 heterocycles. The maximum atomic E-state index is 12.1. The minimum absolute atomic E-state index is 0. The zero-order valence-corrected chi connectivity index (χ0v) is 11.9. The average Bonchev–Trinajstić information content (AvgIpc) is 2.39. The van der Waals surface area contributed by atoms with Crippen LogP contribution in [-0.4, -0.2) is 35.3 Å². The molecule has 0 aliphatic heterocycles. The lowest BCUT2D eigenvalue weighted by Gasteiger charge is -2.17. The molecule has 1 amide bonds. The van der Waals surface area contributed by atoms with Gasteiger partial charge in [-0.3, -0.25) is 4.79 Å². The Balaban J connectivity index is 0.00000361. The average molecular weight is 296 g/mol. The number of rotatable bonds is 7. The summed E-state index contributed by atoms with van der Waals surface area (Å²) in [5, 5.41) is 11.4. The Hall–Kier alpha value is -2.14. The van der Waals surface area contributed by atoms with Crippen molar-refractivity contribution < 1.29 is 27.0 Å². The summed E-state index contributed by atoms with van der Waals surface area (Å²) in [6.07, 6.45) is 8.19. The van der Waals surface area contributed by atoms with Crippen LogP contribution < -0.4 is 17.0 Å². The molecule has 1 rings (SSSR count). The van der Waals surface area contributed by atoms with Gasteiger partial charge in [0.05, 0.1) is 11.8 Å². The molecule has 0 aromatic carbocycles. The first-order valence-electron chi connectivity index (χ1n) is 5.87. The Bertz CT molecular complexity index is 479. The van der Waals surface area contributed by atoms with Crippen LogP contribution >= 0.6 is 0 Å². The molecule has 1 N–H and O–H groups in total. The van der Waals surface area contributed by atoms with Crippen molar-refractivity contribution in [3.8, 4) is 0 Å². The van der Waals surface area contributed by atoms with Crippen LogP contribution in [0.2, 0.25) is 0 Å². The highest BCUT2D eigenvalue weighted by Crippen LogP contribution is 1.94. The highest BCUT2D eigenvalue weighted by Gasteiger charge is 2.15. The van der Waals surface area contributed by atoms with E-state index in [1.165, 1.54) is 6.21 Å². The molecule has 0 atom stereocenters. The van der Waals surface area contributed by atoms with Crippen molar-refractivity contribution >= 4 is 12.1 Å². The van der Waals surface area contributed by atoms with Crippen molar-refractivity contribution in [2.75, 3.05) is 13.1 Å². The molecule has 1 aromatic rings. The topological polar surface area (TPSA) is 56.8 Å². The van der Waals surface area contributed by atoms with Gasteiger partial charge in [-0.25, -0.2) is 0 Å². The lowest BCUT2D eigenvalue weighted by Crippen LogP contribution is -3.00. The van der Waals surface area contributed by atoms with Gasteiger partial charge in [0.2, 0.25) is 6.54 Å². The number of pyridine rings is 1. The summed E-state index contributed by atoms with van der Waals surface area (Å²) in [6, 6.07) is 3.57. The van der Waals surface area contributed by atoms with E-state index in [0.29, 0.717) is 13.1 Å². The van der Waals surface area contributed by atoms with Crippen LogP contribution in [0, 0.1) is 0 Å². The summed E-state index contributed by atoms with van der Waals surface area (Å²) >= 11 is 0. The number of carbonyl (C=O) groups is 1. The summed E-state index contributed by atoms with van der Waals surface area (Å²) < 4.78 is 1.73. The molecule has 1 aromatic heterocycles. The van der Waals surface area contributed by atoms with Crippen molar-refractivity contribution in [3.05, 3.63) is 55.4 Å². The van der Waals surface area contributed by atoms with Crippen LogP contribution in [0.15, 0.2) is 55.0 Å². The van der Waals surface area contributed by atoms with Gasteiger partial charge in [0, 0.05) is 19.2 Å². The molecular weight excluding hydrogens is 278 g/mol. The zero-order chi connectivity index (χ0) is 14.1. The van der Waals surface area contributed by atoms with Gasteiger partial charge in [-0.1, -0.05) is 17.3 Å². The molecule has 0 aliphatic carbocycles. The van der Waals surface area contributed by atoms with Crippen LogP contribution in [0.4, 0.5) is 0 Å². The van der Waals surface area contributed by atoms with Crippen LogP contribution in [0.1, 0.15) is 5.56 Å². The molecule has 0 fully saturated rings. The van der Waals surface area contributed by atoms with E-state index >= 15 is 0 Å². The molecule has 0 saturated carbocycles. The maximum absolute atomic E-state index is 12.1. The highest BCUT2D eigenvalue weighted by atomic mass is 35.5. The second-order valence-corrected chi connectivity index (χ2v) is 3.93. The molecule has 0 saturated heterocycles. The zero-order valence-electron chi connectivity index (χ0n) is 11.2. The van der Waals surface area contributed by atoms with E-state index in [0.717, 1.165) is 5.56 Å². The van der Waals surface area contributed by atoms with E-state index in [9.17, 15) is 4.79 Å². The van der Waals surface area contributed by atoms with Gasteiger partial charge in [0.1, 0.15) is 0 Å². The quantitative estimate of drug-likeness (QED) is 0.208. The van der Waals surface area contributed by atoms with Crippen LogP contribution in [-0.2, 0) is 11.3 Å². The summed E-state index contributed by atoms with van der Waals surface area (Å²) in [5.74, 6) is -0.0251. The van der Waals surface area contributed by atoms with Gasteiger partial charge in [-0.15, -0.1) is 13.2 Å². The van der Waals surface area contributed by atoms with Crippen LogP contribution in [0.3, 0.4) is 0 Å². The normalized spacial score (nSPS) is 9.80. The fourth-order valence-corrected chi connectivity index (χ4v) is 1.63. The second kappa shape index (κ2) is 9.75. The van der Waals surface area contributed by atoms with Gasteiger partial charge in [-0.05, 0) is 6.07 Å². The van der Waals surface area contributed by atoms with E-state index in [1.807, 2.05) is 0 Å². The number of oxime groups is 1. The van der Waals surface area contributed by atoms with E-state index in [2.05, 4.69) is 18.3 Å². The van der Waals surface area contributed by atoms with Gasteiger partial charge in [-0.2, -0.15) is 4.57 Å². The van der Waals surface area contributed by atoms with Gasteiger partial charge in [0.25, 0.3) is 5.91 Å². The Kier molecular flexibility index (Phi) is 8.70. The molecule has 5 nitrogen and oxygen atoms in total. The number of aromatic nitrogens is 1. The molecule has 0 aliphatic rings. The Labute approximate surface area is 124 Å². The van der Waals surface area contributed by atoms with Crippen molar-refractivity contribution in [1.82, 2.24) is 4.90 Å². The van der Waals surface area contributed by atoms with E-state index < -0.39 is 0 Å². The first-order chi connectivity index (χ1) is 9.21. The Morgan fingerprint density at radius 1 is 1.40 bits per heavy atom.